The lowest BCUT2D eigenvalue weighted by Crippen LogP contribution is -2.46. The first-order valence-corrected chi connectivity index (χ1v) is 16.9. The van der Waals surface area contributed by atoms with E-state index in [1.165, 1.54) is 23.1 Å². The van der Waals surface area contributed by atoms with Gasteiger partial charge in [0, 0.05) is 61.2 Å². The van der Waals surface area contributed by atoms with Crippen molar-refractivity contribution in [3.63, 3.8) is 0 Å². The minimum Gasteiger partial charge on any atom is -0.481 e. The Bertz CT molecular complexity index is 1090. The molecule has 42 heavy (non-hydrogen) atoms. The van der Waals surface area contributed by atoms with Crippen molar-refractivity contribution in [2.75, 3.05) is 0 Å². The summed E-state index contributed by atoms with van der Waals surface area (Å²) in [4.78, 5) is 23.3. The Labute approximate surface area is 252 Å². The van der Waals surface area contributed by atoms with E-state index in [0.717, 1.165) is 32.1 Å². The van der Waals surface area contributed by atoms with Crippen LogP contribution in [0.5, 0.6) is 0 Å². The summed E-state index contributed by atoms with van der Waals surface area (Å²) in [6, 6.07) is 2.51. The number of fused-ring (bicyclic) bond motifs is 8. The number of carboxylic acid groups (broad SMARTS) is 2. The number of nitrogens with one attached hydrogen (secondary N) is 4. The SMILES string of the molecule is CCC1=C(C)C2CC3NC(CC4NC(CC5NC(CC1N2)C(C)C5CCC(=O)O)C(CCC(=O)O)=C4C)C(C)C3CC. The highest BCUT2D eigenvalue weighted by Gasteiger charge is 2.47. The number of carboxylic acids is 2. The molecule has 0 aromatic carbocycles. The number of hydrogen-bond acceptors (Lipinski definition) is 6. The summed E-state index contributed by atoms with van der Waals surface area (Å²) in [5, 5.41) is 35.3. The number of rotatable bonds is 8. The zero-order valence-corrected chi connectivity index (χ0v) is 26.7. The maximum absolute atomic E-state index is 11.6. The molecule has 12 unspecified atom stereocenters. The average Bonchev–Trinajstić information content (AvgIpc) is 3.59. The third-order valence-electron chi connectivity index (χ3n) is 12.3. The van der Waals surface area contributed by atoms with Gasteiger partial charge in [0.25, 0.3) is 0 Å². The Morgan fingerprint density at radius 1 is 0.667 bits per heavy atom. The van der Waals surface area contributed by atoms with Crippen LogP contribution in [0.3, 0.4) is 0 Å². The van der Waals surface area contributed by atoms with Crippen molar-refractivity contribution in [1.82, 2.24) is 21.3 Å². The standard InChI is InChI=1S/C34H56N4O4/c1-7-21-17(3)25-13-26-19(5)23(9-11-33(39)40)31(37-26)16-32-24(10-12-34(41)42)20(6)28(38-32)15-30-22(8-2)18(4)27(36-30)14-29(21)35-25/h17,20-21,24-32,35-38H,7-16H2,1-6H3,(H,39,40)(H,41,42). The van der Waals surface area contributed by atoms with Gasteiger partial charge >= 0.3 is 11.9 Å². The molecule has 5 heterocycles. The van der Waals surface area contributed by atoms with Crippen LogP contribution in [-0.2, 0) is 9.59 Å². The first-order valence-electron chi connectivity index (χ1n) is 16.9. The largest absolute Gasteiger partial charge is 0.481 e. The first-order chi connectivity index (χ1) is 20.0. The van der Waals surface area contributed by atoms with Crippen LogP contribution in [0.4, 0.5) is 0 Å². The summed E-state index contributed by atoms with van der Waals surface area (Å²) in [6.07, 6.45) is 7.85. The third-order valence-corrected chi connectivity index (χ3v) is 12.3. The molecule has 0 aliphatic carbocycles. The van der Waals surface area contributed by atoms with Crippen LogP contribution in [0.25, 0.3) is 0 Å². The fourth-order valence-corrected chi connectivity index (χ4v) is 9.89. The lowest BCUT2D eigenvalue weighted by molar-refractivity contribution is -0.138. The average molecular weight is 585 g/mol. The summed E-state index contributed by atoms with van der Waals surface area (Å²) in [6.45, 7) is 13.9. The molecular weight excluding hydrogens is 528 g/mol. The van der Waals surface area contributed by atoms with Crippen molar-refractivity contribution in [2.45, 2.75) is 154 Å². The van der Waals surface area contributed by atoms with Gasteiger partial charge < -0.3 is 31.5 Å². The lowest BCUT2D eigenvalue weighted by atomic mass is 9.80. The number of hydrogen-bond donors (Lipinski definition) is 6. The van der Waals surface area contributed by atoms with E-state index in [1.54, 1.807) is 5.57 Å². The van der Waals surface area contributed by atoms with Crippen molar-refractivity contribution >= 4 is 11.9 Å². The topological polar surface area (TPSA) is 123 Å². The summed E-state index contributed by atoms with van der Waals surface area (Å²) < 4.78 is 0. The molecule has 8 heteroatoms. The highest BCUT2D eigenvalue weighted by atomic mass is 16.4. The van der Waals surface area contributed by atoms with Gasteiger partial charge in [0.05, 0.1) is 0 Å². The Kier molecular flexibility index (Phi) is 9.87. The minimum atomic E-state index is -0.750. The van der Waals surface area contributed by atoms with Crippen molar-refractivity contribution in [2.24, 2.45) is 23.7 Å². The van der Waals surface area contributed by atoms with E-state index in [2.05, 4.69) is 62.8 Å². The highest BCUT2D eigenvalue weighted by Crippen LogP contribution is 2.42. The number of carbonyl (C=O) groups is 2. The molecule has 3 saturated heterocycles. The van der Waals surface area contributed by atoms with Gasteiger partial charge in [-0.1, -0.05) is 56.4 Å². The van der Waals surface area contributed by atoms with Crippen LogP contribution in [0.2, 0.25) is 0 Å². The summed E-state index contributed by atoms with van der Waals surface area (Å²) in [5.74, 6) is 0.396. The zero-order chi connectivity index (χ0) is 30.3. The second-order valence-corrected chi connectivity index (χ2v) is 14.3. The van der Waals surface area contributed by atoms with E-state index < -0.39 is 11.9 Å². The zero-order valence-electron chi connectivity index (χ0n) is 26.7. The Hall–Kier alpha value is -1.74. The van der Waals surface area contributed by atoms with Gasteiger partial charge in [-0.25, -0.2) is 0 Å². The highest BCUT2D eigenvalue weighted by molar-refractivity contribution is 5.67. The van der Waals surface area contributed by atoms with Gasteiger partial charge in [0.2, 0.25) is 0 Å². The summed E-state index contributed by atoms with van der Waals surface area (Å²) >= 11 is 0. The minimum absolute atomic E-state index is 0.120. The van der Waals surface area contributed by atoms with E-state index in [0.29, 0.717) is 60.8 Å². The molecule has 5 aliphatic heterocycles. The van der Waals surface area contributed by atoms with Crippen LogP contribution >= 0.6 is 0 Å². The monoisotopic (exact) mass is 584 g/mol. The fourth-order valence-electron chi connectivity index (χ4n) is 9.89. The van der Waals surface area contributed by atoms with E-state index in [1.807, 2.05) is 0 Å². The second-order valence-electron chi connectivity index (χ2n) is 14.3. The molecule has 8 bridgehead atoms. The Morgan fingerprint density at radius 2 is 1.14 bits per heavy atom. The van der Waals surface area contributed by atoms with Crippen molar-refractivity contribution in [1.29, 1.82) is 0 Å². The maximum atomic E-state index is 11.6. The summed E-state index contributed by atoms with van der Waals surface area (Å²) in [5.41, 5.74) is 5.69. The van der Waals surface area contributed by atoms with Gasteiger partial charge in [-0.05, 0) is 82.5 Å². The molecule has 3 fully saturated rings. The molecule has 0 radical (unpaired) electrons. The molecule has 0 amide bonds. The maximum Gasteiger partial charge on any atom is 0.303 e. The quantitative estimate of drug-likeness (QED) is 0.229. The van der Waals surface area contributed by atoms with Crippen LogP contribution in [0.1, 0.15) is 106 Å². The molecule has 236 valence electrons. The molecule has 0 spiro atoms. The summed E-state index contributed by atoms with van der Waals surface area (Å²) in [7, 11) is 0. The molecule has 0 saturated carbocycles. The smallest absolute Gasteiger partial charge is 0.303 e. The lowest BCUT2D eigenvalue weighted by Gasteiger charge is -2.28. The normalized spacial score (nSPS) is 42.0. The van der Waals surface area contributed by atoms with E-state index in [-0.39, 0.29) is 36.9 Å². The first kappa shape index (κ1) is 31.7. The second kappa shape index (κ2) is 13.1. The van der Waals surface area contributed by atoms with Crippen LogP contribution in [-0.4, -0.2) is 70.5 Å². The van der Waals surface area contributed by atoms with Gasteiger partial charge in [0.1, 0.15) is 0 Å². The molecule has 0 aromatic heterocycles. The molecule has 12 atom stereocenters. The molecule has 5 rings (SSSR count). The predicted octanol–water partition coefficient (Wildman–Crippen LogP) is 4.61. The third kappa shape index (κ3) is 6.24. The van der Waals surface area contributed by atoms with Crippen LogP contribution in [0, 0.1) is 23.7 Å². The van der Waals surface area contributed by atoms with Gasteiger partial charge in [-0.3, -0.25) is 9.59 Å². The van der Waals surface area contributed by atoms with Gasteiger partial charge in [0.15, 0.2) is 0 Å². The Balaban J connectivity index is 1.49. The van der Waals surface area contributed by atoms with E-state index in [4.69, 9.17) is 0 Å². The predicted molar refractivity (Wildman–Crippen MR) is 166 cm³/mol. The van der Waals surface area contributed by atoms with Crippen LogP contribution in [0.15, 0.2) is 22.3 Å². The molecule has 8 nitrogen and oxygen atoms in total. The molecule has 6 N–H and O–H groups in total. The Morgan fingerprint density at radius 3 is 1.71 bits per heavy atom. The number of aliphatic carboxylic acids is 2. The van der Waals surface area contributed by atoms with Crippen LogP contribution < -0.4 is 21.3 Å². The fraction of sp³-hybridized carbons (Fsp3) is 0.824. The van der Waals surface area contributed by atoms with Crippen molar-refractivity contribution in [3.8, 4) is 0 Å². The van der Waals surface area contributed by atoms with E-state index >= 15 is 0 Å². The van der Waals surface area contributed by atoms with Crippen molar-refractivity contribution < 1.29 is 19.8 Å². The molecule has 5 aliphatic rings. The van der Waals surface area contributed by atoms with Gasteiger partial charge in [-0.15, -0.1) is 0 Å². The van der Waals surface area contributed by atoms with E-state index in [9.17, 15) is 19.8 Å². The van der Waals surface area contributed by atoms with Gasteiger partial charge in [-0.2, -0.15) is 0 Å². The molecule has 0 aromatic rings. The van der Waals surface area contributed by atoms with Crippen molar-refractivity contribution in [3.05, 3.63) is 22.3 Å². The molecular formula is C34H56N4O4.